The number of aryl methyl sites for hydroxylation is 1. The van der Waals surface area contributed by atoms with Gasteiger partial charge in [-0.15, -0.1) is 0 Å². The largest absolute Gasteiger partial charge is 0.461 e. The summed E-state index contributed by atoms with van der Waals surface area (Å²) in [5.41, 5.74) is 2.51. The molecule has 0 saturated heterocycles. The van der Waals surface area contributed by atoms with Crippen molar-refractivity contribution in [2.24, 2.45) is 0 Å². The average molecular weight is 200 g/mol. The Bertz CT molecular complexity index is 452. The molecule has 2 rings (SSSR count). The molecule has 0 amide bonds. The molecule has 1 heteroatoms. The van der Waals surface area contributed by atoms with Crippen LogP contribution in [0.3, 0.4) is 0 Å². The molecule has 1 aromatic heterocycles. The van der Waals surface area contributed by atoms with Crippen molar-refractivity contribution in [2.75, 3.05) is 0 Å². The molecule has 15 heavy (non-hydrogen) atoms. The molecule has 0 fully saturated rings. The average Bonchev–Trinajstić information content (AvgIpc) is 2.65. The lowest BCUT2D eigenvalue weighted by Crippen LogP contribution is -1.86. The third-order valence-electron chi connectivity index (χ3n) is 2.58. The third kappa shape index (κ3) is 2.12. The Morgan fingerprint density at radius 3 is 2.47 bits per heavy atom. The van der Waals surface area contributed by atoms with Crippen LogP contribution in [0.2, 0.25) is 0 Å². The van der Waals surface area contributed by atoms with Crippen molar-refractivity contribution in [2.45, 2.75) is 26.7 Å². The lowest BCUT2D eigenvalue weighted by molar-refractivity contribution is 0.548. The molecule has 0 aliphatic heterocycles. The van der Waals surface area contributed by atoms with Crippen LogP contribution >= 0.6 is 0 Å². The number of furan rings is 1. The molecule has 78 valence electrons. The first-order valence-electron chi connectivity index (χ1n) is 5.33. The van der Waals surface area contributed by atoms with Crippen molar-refractivity contribution in [3.63, 3.8) is 0 Å². The Morgan fingerprint density at radius 1 is 1.07 bits per heavy atom. The van der Waals surface area contributed by atoms with E-state index < -0.39 is 0 Å². The van der Waals surface area contributed by atoms with Crippen molar-refractivity contribution in [3.8, 4) is 11.3 Å². The topological polar surface area (TPSA) is 13.1 Å². The second-order valence-electron chi connectivity index (χ2n) is 4.19. The van der Waals surface area contributed by atoms with Gasteiger partial charge in [-0.25, -0.2) is 0 Å². The standard InChI is InChI=1S/C14H16O/c1-10(2)12-5-4-6-13(9-12)14-8-7-11(3)15-14/h4-10H,1-3H3. The van der Waals surface area contributed by atoms with E-state index in [-0.39, 0.29) is 0 Å². The first-order valence-corrected chi connectivity index (χ1v) is 5.33. The lowest BCUT2D eigenvalue weighted by Gasteiger charge is -2.06. The maximum atomic E-state index is 5.60. The van der Waals surface area contributed by atoms with Crippen LogP contribution in [-0.4, -0.2) is 0 Å². The fraction of sp³-hybridized carbons (Fsp3) is 0.286. The van der Waals surface area contributed by atoms with E-state index in [1.807, 2.05) is 19.1 Å². The number of benzene rings is 1. The Kier molecular flexibility index (Phi) is 2.63. The minimum Gasteiger partial charge on any atom is -0.461 e. The Morgan fingerprint density at radius 2 is 1.87 bits per heavy atom. The summed E-state index contributed by atoms with van der Waals surface area (Å²) in [6.07, 6.45) is 0. The highest BCUT2D eigenvalue weighted by Gasteiger charge is 2.04. The molecule has 2 aromatic rings. The summed E-state index contributed by atoms with van der Waals surface area (Å²) in [4.78, 5) is 0. The lowest BCUT2D eigenvalue weighted by atomic mass is 10.0. The monoisotopic (exact) mass is 200 g/mol. The summed E-state index contributed by atoms with van der Waals surface area (Å²) in [5, 5.41) is 0. The predicted octanol–water partition coefficient (Wildman–Crippen LogP) is 4.38. The van der Waals surface area contributed by atoms with Crippen molar-refractivity contribution < 1.29 is 4.42 Å². The highest BCUT2D eigenvalue weighted by molar-refractivity contribution is 5.58. The van der Waals surface area contributed by atoms with Crippen molar-refractivity contribution in [3.05, 3.63) is 47.7 Å². The molecule has 0 saturated carbocycles. The van der Waals surface area contributed by atoms with Crippen LogP contribution in [0.25, 0.3) is 11.3 Å². The van der Waals surface area contributed by atoms with Crippen LogP contribution in [0.5, 0.6) is 0 Å². The van der Waals surface area contributed by atoms with Crippen LogP contribution in [-0.2, 0) is 0 Å². The van der Waals surface area contributed by atoms with E-state index in [0.717, 1.165) is 17.1 Å². The first kappa shape index (κ1) is 10.0. The maximum Gasteiger partial charge on any atom is 0.134 e. The summed E-state index contributed by atoms with van der Waals surface area (Å²) < 4.78 is 5.60. The van der Waals surface area contributed by atoms with Crippen LogP contribution in [0.1, 0.15) is 31.1 Å². The van der Waals surface area contributed by atoms with Crippen LogP contribution in [0, 0.1) is 6.92 Å². The van der Waals surface area contributed by atoms with Gasteiger partial charge in [0.25, 0.3) is 0 Å². The highest BCUT2D eigenvalue weighted by Crippen LogP contribution is 2.25. The number of rotatable bonds is 2. The van der Waals surface area contributed by atoms with Gasteiger partial charge in [-0.3, -0.25) is 0 Å². The summed E-state index contributed by atoms with van der Waals surface area (Å²) in [7, 11) is 0. The van der Waals surface area contributed by atoms with Crippen molar-refractivity contribution in [1.82, 2.24) is 0 Å². The van der Waals surface area contributed by atoms with Crippen molar-refractivity contribution >= 4 is 0 Å². The van der Waals surface area contributed by atoms with Gasteiger partial charge in [-0.2, -0.15) is 0 Å². The molecule has 0 unspecified atom stereocenters. The second kappa shape index (κ2) is 3.93. The Labute approximate surface area is 90.7 Å². The maximum absolute atomic E-state index is 5.60. The third-order valence-corrected chi connectivity index (χ3v) is 2.58. The van der Waals surface area contributed by atoms with Gasteiger partial charge in [-0.05, 0) is 36.6 Å². The summed E-state index contributed by atoms with van der Waals surface area (Å²) in [5.74, 6) is 2.47. The molecule has 0 aliphatic rings. The fourth-order valence-electron chi connectivity index (χ4n) is 1.64. The zero-order valence-corrected chi connectivity index (χ0v) is 9.45. The minimum atomic E-state index is 0.556. The second-order valence-corrected chi connectivity index (χ2v) is 4.19. The van der Waals surface area contributed by atoms with E-state index in [4.69, 9.17) is 4.42 Å². The van der Waals surface area contributed by atoms with Gasteiger partial charge in [0.05, 0.1) is 0 Å². The fourth-order valence-corrected chi connectivity index (χ4v) is 1.64. The normalized spacial score (nSPS) is 10.9. The Hall–Kier alpha value is -1.50. The van der Waals surface area contributed by atoms with Crippen molar-refractivity contribution in [1.29, 1.82) is 0 Å². The quantitative estimate of drug-likeness (QED) is 0.701. The van der Waals surface area contributed by atoms with Gasteiger partial charge >= 0.3 is 0 Å². The van der Waals surface area contributed by atoms with Crippen LogP contribution in [0.4, 0.5) is 0 Å². The van der Waals surface area contributed by atoms with E-state index in [1.165, 1.54) is 5.56 Å². The van der Waals surface area contributed by atoms with E-state index in [1.54, 1.807) is 0 Å². The molecule has 0 N–H and O–H groups in total. The summed E-state index contributed by atoms with van der Waals surface area (Å²) >= 11 is 0. The van der Waals surface area contributed by atoms with Gasteiger partial charge in [0, 0.05) is 5.56 Å². The molecule has 1 nitrogen and oxygen atoms in total. The molecular formula is C14H16O. The van der Waals surface area contributed by atoms with Gasteiger partial charge in [0.2, 0.25) is 0 Å². The molecule has 0 atom stereocenters. The molecule has 1 heterocycles. The molecule has 0 bridgehead atoms. The zero-order chi connectivity index (χ0) is 10.8. The van der Waals surface area contributed by atoms with Gasteiger partial charge < -0.3 is 4.42 Å². The Balaban J connectivity index is 2.41. The summed E-state index contributed by atoms with van der Waals surface area (Å²) in [6, 6.07) is 12.5. The summed E-state index contributed by atoms with van der Waals surface area (Å²) in [6.45, 7) is 6.37. The predicted molar refractivity (Wildman–Crippen MR) is 63.0 cm³/mol. The minimum absolute atomic E-state index is 0.556. The zero-order valence-electron chi connectivity index (χ0n) is 9.45. The number of hydrogen-bond donors (Lipinski definition) is 0. The van der Waals surface area contributed by atoms with Gasteiger partial charge in [0.1, 0.15) is 11.5 Å². The SMILES string of the molecule is Cc1ccc(-c2cccc(C(C)C)c2)o1. The van der Waals surface area contributed by atoms with Crippen LogP contribution in [0.15, 0.2) is 40.8 Å². The van der Waals surface area contributed by atoms with E-state index in [0.29, 0.717) is 5.92 Å². The number of hydrogen-bond acceptors (Lipinski definition) is 1. The highest BCUT2D eigenvalue weighted by atomic mass is 16.3. The molecule has 0 spiro atoms. The van der Waals surface area contributed by atoms with E-state index in [2.05, 4.69) is 38.1 Å². The molecule has 0 radical (unpaired) electrons. The van der Waals surface area contributed by atoms with Crippen LogP contribution < -0.4 is 0 Å². The molecule has 0 aliphatic carbocycles. The first-order chi connectivity index (χ1) is 7.16. The van der Waals surface area contributed by atoms with E-state index >= 15 is 0 Å². The smallest absolute Gasteiger partial charge is 0.134 e. The molecular weight excluding hydrogens is 184 g/mol. The van der Waals surface area contributed by atoms with Gasteiger partial charge in [0.15, 0.2) is 0 Å². The molecule has 1 aromatic carbocycles. The van der Waals surface area contributed by atoms with Gasteiger partial charge in [-0.1, -0.05) is 32.0 Å². The van der Waals surface area contributed by atoms with E-state index in [9.17, 15) is 0 Å².